The second kappa shape index (κ2) is 5.90. The maximum atomic E-state index is 11.8. The van der Waals surface area contributed by atoms with Crippen LogP contribution in [-0.4, -0.2) is 11.3 Å². The lowest BCUT2D eigenvalue weighted by molar-refractivity contribution is 0.112. The molecule has 0 N–H and O–H groups in total. The molecule has 110 valence electrons. The van der Waals surface area contributed by atoms with Crippen LogP contribution < -0.4 is 0 Å². The van der Waals surface area contributed by atoms with Gasteiger partial charge in [-0.2, -0.15) is 0 Å². The minimum atomic E-state index is 0.169. The zero-order valence-electron chi connectivity index (χ0n) is 12.5. The summed E-state index contributed by atoms with van der Waals surface area (Å²) >= 11 is 6.16. The van der Waals surface area contributed by atoms with Crippen LogP contribution in [0, 0.1) is 0 Å². The maximum absolute atomic E-state index is 11.8. The molecule has 0 fully saturated rings. The van der Waals surface area contributed by atoms with E-state index in [0.29, 0.717) is 10.6 Å². The number of fused-ring (bicyclic) bond motifs is 1. The number of hydrogen-bond donors (Lipinski definition) is 0. The first-order valence-corrected chi connectivity index (χ1v) is 7.63. The first-order chi connectivity index (χ1) is 10.6. The van der Waals surface area contributed by atoms with E-state index < -0.39 is 0 Å². The van der Waals surface area contributed by atoms with Crippen molar-refractivity contribution in [3.8, 4) is 11.1 Å². The van der Waals surface area contributed by atoms with Gasteiger partial charge in [0, 0.05) is 21.5 Å². The third kappa shape index (κ3) is 2.51. The van der Waals surface area contributed by atoms with Crippen molar-refractivity contribution < 1.29 is 4.79 Å². The standard InChI is InChI=1S/C19H16ClNO/c1-12(2)19-16(11-22)18(13-6-4-3-5-7-13)15-10-14(20)8-9-17(15)21-19/h3-12H,1-2H3. The van der Waals surface area contributed by atoms with E-state index in [1.54, 1.807) is 0 Å². The third-order valence-electron chi connectivity index (χ3n) is 3.74. The second-order valence-electron chi connectivity index (χ2n) is 5.59. The molecule has 0 saturated carbocycles. The molecule has 0 amide bonds. The van der Waals surface area contributed by atoms with Gasteiger partial charge in [0.15, 0.2) is 6.29 Å². The number of hydrogen-bond acceptors (Lipinski definition) is 2. The Hall–Kier alpha value is -2.19. The van der Waals surface area contributed by atoms with Crippen LogP contribution >= 0.6 is 11.6 Å². The highest BCUT2D eigenvalue weighted by molar-refractivity contribution is 6.31. The van der Waals surface area contributed by atoms with Crippen molar-refractivity contribution in [1.29, 1.82) is 0 Å². The van der Waals surface area contributed by atoms with Gasteiger partial charge in [-0.15, -0.1) is 0 Å². The summed E-state index contributed by atoms with van der Waals surface area (Å²) < 4.78 is 0. The Morgan fingerprint density at radius 3 is 2.45 bits per heavy atom. The van der Waals surface area contributed by atoms with Gasteiger partial charge in [-0.3, -0.25) is 9.78 Å². The van der Waals surface area contributed by atoms with Gasteiger partial charge in [0.1, 0.15) is 0 Å². The molecule has 0 radical (unpaired) electrons. The fourth-order valence-corrected chi connectivity index (χ4v) is 2.92. The SMILES string of the molecule is CC(C)c1nc2ccc(Cl)cc2c(-c2ccccc2)c1C=O. The largest absolute Gasteiger partial charge is 0.298 e. The Kier molecular flexibility index (Phi) is 3.95. The van der Waals surface area contributed by atoms with Crippen molar-refractivity contribution >= 4 is 28.8 Å². The van der Waals surface area contributed by atoms with Crippen molar-refractivity contribution in [3.05, 3.63) is 64.8 Å². The molecule has 1 heterocycles. The monoisotopic (exact) mass is 309 g/mol. The van der Waals surface area contributed by atoms with Gasteiger partial charge >= 0.3 is 0 Å². The molecule has 0 atom stereocenters. The minimum absolute atomic E-state index is 0.169. The molecule has 0 aliphatic heterocycles. The Morgan fingerprint density at radius 1 is 1.09 bits per heavy atom. The summed E-state index contributed by atoms with van der Waals surface area (Å²) in [6.45, 7) is 4.09. The van der Waals surface area contributed by atoms with Gasteiger partial charge in [0.25, 0.3) is 0 Å². The van der Waals surface area contributed by atoms with E-state index in [1.165, 1.54) is 0 Å². The molecule has 0 aliphatic rings. The van der Waals surface area contributed by atoms with E-state index in [9.17, 15) is 4.79 Å². The Labute approximate surface area is 134 Å². The van der Waals surface area contributed by atoms with Crippen LogP contribution in [0.3, 0.4) is 0 Å². The first kappa shape index (κ1) is 14.7. The van der Waals surface area contributed by atoms with Crippen LogP contribution in [0.2, 0.25) is 5.02 Å². The molecule has 2 aromatic carbocycles. The Bertz CT molecular complexity index is 841. The summed E-state index contributed by atoms with van der Waals surface area (Å²) in [4.78, 5) is 16.5. The number of carbonyl (C=O) groups excluding carboxylic acids is 1. The molecular formula is C19H16ClNO. The summed E-state index contributed by atoms with van der Waals surface area (Å²) in [7, 11) is 0. The van der Waals surface area contributed by atoms with E-state index in [0.717, 1.165) is 34.0 Å². The molecule has 0 saturated heterocycles. The molecular weight excluding hydrogens is 294 g/mol. The van der Waals surface area contributed by atoms with Crippen molar-refractivity contribution in [1.82, 2.24) is 4.98 Å². The summed E-state index contributed by atoms with van der Waals surface area (Å²) in [5.74, 6) is 0.169. The lowest BCUT2D eigenvalue weighted by Crippen LogP contribution is -2.03. The predicted octanol–water partition coefficient (Wildman–Crippen LogP) is 5.49. The van der Waals surface area contributed by atoms with E-state index in [1.807, 2.05) is 62.4 Å². The van der Waals surface area contributed by atoms with Crippen LogP contribution in [-0.2, 0) is 0 Å². The Balaban J connectivity index is 2.49. The number of aldehydes is 1. The minimum Gasteiger partial charge on any atom is -0.298 e. The summed E-state index contributed by atoms with van der Waals surface area (Å²) in [6.07, 6.45) is 0.908. The number of pyridine rings is 1. The van der Waals surface area contributed by atoms with E-state index >= 15 is 0 Å². The van der Waals surface area contributed by atoms with Crippen LogP contribution in [0.5, 0.6) is 0 Å². The molecule has 0 aliphatic carbocycles. The van der Waals surface area contributed by atoms with E-state index in [4.69, 9.17) is 11.6 Å². The lowest BCUT2D eigenvalue weighted by Gasteiger charge is -2.16. The van der Waals surface area contributed by atoms with Gasteiger partial charge in [-0.05, 0) is 29.7 Å². The van der Waals surface area contributed by atoms with Crippen molar-refractivity contribution in [3.63, 3.8) is 0 Å². The Morgan fingerprint density at radius 2 is 1.82 bits per heavy atom. The molecule has 3 heteroatoms. The van der Waals surface area contributed by atoms with Gasteiger partial charge in [-0.1, -0.05) is 55.8 Å². The fourth-order valence-electron chi connectivity index (χ4n) is 2.74. The van der Waals surface area contributed by atoms with Gasteiger partial charge in [-0.25, -0.2) is 0 Å². The van der Waals surface area contributed by atoms with Crippen LogP contribution in [0.4, 0.5) is 0 Å². The van der Waals surface area contributed by atoms with Crippen LogP contribution in [0.25, 0.3) is 22.0 Å². The number of aromatic nitrogens is 1. The quantitative estimate of drug-likeness (QED) is 0.599. The third-order valence-corrected chi connectivity index (χ3v) is 3.98. The number of halogens is 1. The smallest absolute Gasteiger partial charge is 0.152 e. The van der Waals surface area contributed by atoms with E-state index in [-0.39, 0.29) is 5.92 Å². The van der Waals surface area contributed by atoms with Crippen molar-refractivity contribution in [2.24, 2.45) is 0 Å². The average molecular weight is 310 g/mol. The second-order valence-corrected chi connectivity index (χ2v) is 6.02. The maximum Gasteiger partial charge on any atom is 0.152 e. The van der Waals surface area contributed by atoms with Gasteiger partial charge in [0.05, 0.1) is 11.2 Å². The number of nitrogens with zero attached hydrogens (tertiary/aromatic N) is 1. The first-order valence-electron chi connectivity index (χ1n) is 7.25. The molecule has 0 unspecified atom stereocenters. The summed E-state index contributed by atoms with van der Waals surface area (Å²) in [6, 6.07) is 15.5. The molecule has 1 aromatic heterocycles. The molecule has 3 aromatic rings. The van der Waals surface area contributed by atoms with Gasteiger partial charge < -0.3 is 0 Å². The van der Waals surface area contributed by atoms with Crippen LogP contribution in [0.15, 0.2) is 48.5 Å². The fraction of sp³-hybridized carbons (Fsp3) is 0.158. The van der Waals surface area contributed by atoms with Gasteiger partial charge in [0.2, 0.25) is 0 Å². The predicted molar refractivity (Wildman–Crippen MR) is 91.7 cm³/mol. The van der Waals surface area contributed by atoms with E-state index in [2.05, 4.69) is 4.98 Å². The highest BCUT2D eigenvalue weighted by Gasteiger charge is 2.18. The molecule has 0 spiro atoms. The van der Waals surface area contributed by atoms with Crippen LogP contribution in [0.1, 0.15) is 35.8 Å². The molecule has 22 heavy (non-hydrogen) atoms. The molecule has 3 rings (SSSR count). The molecule has 2 nitrogen and oxygen atoms in total. The summed E-state index contributed by atoms with van der Waals surface area (Å²) in [5.41, 5.74) is 4.24. The average Bonchev–Trinajstić information content (AvgIpc) is 2.53. The van der Waals surface area contributed by atoms with Crippen molar-refractivity contribution in [2.75, 3.05) is 0 Å². The number of rotatable bonds is 3. The number of carbonyl (C=O) groups is 1. The zero-order chi connectivity index (χ0) is 15.7. The van der Waals surface area contributed by atoms with Crippen molar-refractivity contribution in [2.45, 2.75) is 19.8 Å². The lowest BCUT2D eigenvalue weighted by atomic mass is 9.91. The summed E-state index contributed by atoms with van der Waals surface area (Å²) in [5, 5.41) is 1.55. The highest BCUT2D eigenvalue weighted by Crippen LogP contribution is 2.35. The molecule has 0 bridgehead atoms. The highest BCUT2D eigenvalue weighted by atomic mass is 35.5. The normalized spacial score (nSPS) is 11.1. The zero-order valence-corrected chi connectivity index (χ0v) is 13.3. The number of benzene rings is 2. The topological polar surface area (TPSA) is 30.0 Å².